The highest BCUT2D eigenvalue weighted by molar-refractivity contribution is 6.31. The van der Waals surface area contributed by atoms with Crippen LogP contribution in [0.25, 0.3) is 11.0 Å². The number of hydrogen-bond acceptors (Lipinski definition) is 7. The molecule has 0 unspecified atom stereocenters. The van der Waals surface area contributed by atoms with Gasteiger partial charge in [0.15, 0.2) is 40.1 Å². The summed E-state index contributed by atoms with van der Waals surface area (Å²) in [4.78, 5) is 32.6. The maximum atomic E-state index is 12.7. The summed E-state index contributed by atoms with van der Waals surface area (Å²) in [6.07, 6.45) is 0. The normalized spacial score (nSPS) is 10.5. The molecule has 0 saturated heterocycles. The SMILES string of the molecule is CCn1c(CNC(=O)c2nc(Cl)c(N)nc2N)[n+](CC(=O)NC)c2ccc(OC)cc21.[Br-]. The third-order valence-electron chi connectivity index (χ3n) is 4.81. The summed E-state index contributed by atoms with van der Waals surface area (Å²) >= 11 is 5.88. The topological polar surface area (TPSA) is 154 Å². The van der Waals surface area contributed by atoms with E-state index < -0.39 is 5.91 Å². The Morgan fingerprint density at radius 1 is 1.25 bits per heavy atom. The summed E-state index contributed by atoms with van der Waals surface area (Å²) < 4.78 is 9.17. The lowest BCUT2D eigenvalue weighted by Crippen LogP contribution is -3.00. The molecule has 0 aliphatic heterocycles. The number of carbonyl (C=O) groups excluding carboxylic acids is 2. The van der Waals surface area contributed by atoms with Crippen LogP contribution in [0.3, 0.4) is 0 Å². The molecular weight excluding hydrogens is 504 g/mol. The highest BCUT2D eigenvalue weighted by Gasteiger charge is 2.27. The van der Waals surface area contributed by atoms with Crippen LogP contribution >= 0.6 is 11.6 Å². The fourth-order valence-electron chi connectivity index (χ4n) is 3.29. The number of halogens is 2. The van der Waals surface area contributed by atoms with Crippen LogP contribution < -0.4 is 48.4 Å². The number of hydrogen-bond donors (Lipinski definition) is 4. The zero-order chi connectivity index (χ0) is 22.7. The number of fused-ring (bicyclic) bond motifs is 1. The second kappa shape index (κ2) is 10.5. The monoisotopic (exact) mass is 526 g/mol. The molecule has 6 N–H and O–H groups in total. The molecule has 0 aliphatic carbocycles. The molecule has 2 heterocycles. The van der Waals surface area contributed by atoms with Crippen molar-refractivity contribution < 1.29 is 35.9 Å². The number of aryl methyl sites for hydroxylation is 1. The Hall–Kier alpha value is -3.12. The third kappa shape index (κ3) is 4.86. The Kier molecular flexibility index (Phi) is 8.22. The van der Waals surface area contributed by atoms with Crippen molar-refractivity contribution in [1.29, 1.82) is 0 Å². The molecule has 1 aromatic carbocycles. The standard InChI is InChI=1S/C19H23ClN8O3.BrH/c1-4-27-12-7-10(31-3)5-6-11(12)28(9-13(29)23-2)14(27)8-24-19(30)15-17(21)26-18(22)16(20)25-15;/h5-7H,4,8-9H2,1-3H3,(H5-,21,22,23,24,26,29,30);1H. The van der Waals surface area contributed by atoms with E-state index in [1.807, 2.05) is 34.3 Å². The number of nitrogens with zero attached hydrogens (tertiary/aromatic N) is 4. The minimum atomic E-state index is -0.566. The summed E-state index contributed by atoms with van der Waals surface area (Å²) in [6, 6.07) is 5.57. The Balaban J connectivity index is 0.00000363. The van der Waals surface area contributed by atoms with E-state index in [1.54, 1.807) is 14.2 Å². The molecule has 3 aromatic rings. The van der Waals surface area contributed by atoms with Gasteiger partial charge in [-0.1, -0.05) is 11.6 Å². The van der Waals surface area contributed by atoms with Gasteiger partial charge in [0, 0.05) is 13.1 Å². The van der Waals surface area contributed by atoms with E-state index >= 15 is 0 Å². The van der Waals surface area contributed by atoms with Gasteiger partial charge in [0.2, 0.25) is 0 Å². The molecule has 0 atom stereocenters. The highest BCUT2D eigenvalue weighted by Crippen LogP contribution is 2.22. The van der Waals surface area contributed by atoms with Crippen LogP contribution in [-0.2, 0) is 24.4 Å². The lowest BCUT2D eigenvalue weighted by atomic mass is 10.3. The second-order valence-corrected chi connectivity index (χ2v) is 6.95. The van der Waals surface area contributed by atoms with E-state index in [9.17, 15) is 9.59 Å². The lowest BCUT2D eigenvalue weighted by Gasteiger charge is -2.08. The number of benzene rings is 1. The van der Waals surface area contributed by atoms with E-state index in [1.165, 1.54) is 0 Å². The minimum absolute atomic E-state index is 0. The van der Waals surface area contributed by atoms with Crippen molar-refractivity contribution in [2.75, 3.05) is 25.6 Å². The molecule has 0 saturated carbocycles. The zero-order valence-electron chi connectivity index (χ0n) is 17.8. The van der Waals surface area contributed by atoms with E-state index in [0.717, 1.165) is 11.0 Å². The van der Waals surface area contributed by atoms with Crippen LogP contribution in [0.4, 0.5) is 11.6 Å². The van der Waals surface area contributed by atoms with Gasteiger partial charge < -0.3 is 43.8 Å². The van der Waals surface area contributed by atoms with Gasteiger partial charge in [-0.15, -0.1) is 0 Å². The molecule has 13 heteroatoms. The molecule has 0 bridgehead atoms. The molecular formula is C19H24BrClN8O3. The summed E-state index contributed by atoms with van der Waals surface area (Å²) in [7, 11) is 3.15. The molecule has 32 heavy (non-hydrogen) atoms. The first-order chi connectivity index (χ1) is 14.8. The van der Waals surface area contributed by atoms with Crippen molar-refractivity contribution in [3.63, 3.8) is 0 Å². The summed E-state index contributed by atoms with van der Waals surface area (Å²) in [6.45, 7) is 2.75. The van der Waals surface area contributed by atoms with Crippen molar-refractivity contribution in [3.8, 4) is 5.75 Å². The average Bonchev–Trinajstić information content (AvgIpc) is 3.05. The third-order valence-corrected chi connectivity index (χ3v) is 5.09. The van der Waals surface area contributed by atoms with Crippen molar-refractivity contribution >= 4 is 46.1 Å². The van der Waals surface area contributed by atoms with Crippen LogP contribution in [-0.4, -0.2) is 40.5 Å². The molecule has 0 aliphatic rings. The number of ether oxygens (including phenoxy) is 1. The van der Waals surface area contributed by atoms with Gasteiger partial charge in [-0.25, -0.2) is 19.1 Å². The maximum Gasteiger partial charge on any atom is 0.277 e. The van der Waals surface area contributed by atoms with Gasteiger partial charge in [-0.2, -0.15) is 0 Å². The van der Waals surface area contributed by atoms with Crippen LogP contribution in [0.2, 0.25) is 5.15 Å². The Morgan fingerprint density at radius 3 is 2.59 bits per heavy atom. The molecule has 3 rings (SSSR count). The van der Waals surface area contributed by atoms with Gasteiger partial charge in [0.05, 0.1) is 13.7 Å². The predicted molar refractivity (Wildman–Crippen MR) is 115 cm³/mol. The first-order valence-electron chi connectivity index (χ1n) is 9.46. The van der Waals surface area contributed by atoms with Crippen LogP contribution in [0.15, 0.2) is 18.2 Å². The smallest absolute Gasteiger partial charge is 0.277 e. The number of aromatic nitrogens is 4. The number of imidazole rings is 1. The summed E-state index contributed by atoms with van der Waals surface area (Å²) in [5, 5.41) is 5.29. The first kappa shape index (κ1) is 25.1. The second-order valence-electron chi connectivity index (χ2n) is 6.59. The summed E-state index contributed by atoms with van der Waals surface area (Å²) in [5.41, 5.74) is 12.9. The zero-order valence-corrected chi connectivity index (χ0v) is 20.1. The van der Waals surface area contributed by atoms with Gasteiger partial charge in [0.1, 0.15) is 12.3 Å². The molecule has 172 valence electrons. The number of amides is 2. The van der Waals surface area contributed by atoms with Gasteiger partial charge >= 0.3 is 0 Å². The first-order valence-corrected chi connectivity index (χ1v) is 9.84. The van der Waals surface area contributed by atoms with Crippen molar-refractivity contribution in [2.24, 2.45) is 0 Å². The van der Waals surface area contributed by atoms with E-state index in [4.69, 9.17) is 27.8 Å². The number of likely N-dealkylation sites (N-methyl/N-ethyl adjacent to an activating group) is 1. The summed E-state index contributed by atoms with van der Waals surface area (Å²) in [5.74, 6) is 0.461. The average molecular weight is 528 g/mol. The van der Waals surface area contributed by atoms with Gasteiger partial charge in [0.25, 0.3) is 17.6 Å². The number of methoxy groups -OCH3 is 1. The molecule has 11 nitrogen and oxygen atoms in total. The Labute approximate surface area is 199 Å². The van der Waals surface area contributed by atoms with Crippen LogP contribution in [0.5, 0.6) is 5.75 Å². The number of carbonyl (C=O) groups is 2. The molecule has 0 fully saturated rings. The number of nitrogen functional groups attached to an aromatic ring is 2. The van der Waals surface area contributed by atoms with E-state index in [2.05, 4.69) is 20.6 Å². The Morgan fingerprint density at radius 2 is 1.97 bits per heavy atom. The number of nitrogens with two attached hydrogens (primary N) is 2. The van der Waals surface area contributed by atoms with Crippen LogP contribution in [0, 0.1) is 0 Å². The maximum absolute atomic E-state index is 12.7. The van der Waals surface area contributed by atoms with Crippen LogP contribution in [0.1, 0.15) is 23.2 Å². The fraction of sp³-hybridized carbons (Fsp3) is 0.316. The van der Waals surface area contributed by atoms with Gasteiger partial charge in [-0.3, -0.25) is 9.59 Å². The fourth-order valence-corrected chi connectivity index (χ4v) is 3.42. The lowest BCUT2D eigenvalue weighted by molar-refractivity contribution is -0.667. The van der Waals surface area contributed by atoms with Crippen molar-refractivity contribution in [1.82, 2.24) is 25.2 Å². The van der Waals surface area contributed by atoms with E-state index in [-0.39, 0.29) is 58.5 Å². The number of anilines is 2. The van der Waals surface area contributed by atoms with E-state index in [0.29, 0.717) is 18.1 Å². The molecule has 0 spiro atoms. The molecule has 2 amide bonds. The highest BCUT2D eigenvalue weighted by atomic mass is 79.9. The van der Waals surface area contributed by atoms with Crippen molar-refractivity contribution in [2.45, 2.75) is 26.6 Å². The van der Waals surface area contributed by atoms with Crippen molar-refractivity contribution in [3.05, 3.63) is 34.9 Å². The molecule has 0 radical (unpaired) electrons. The molecule has 2 aromatic heterocycles. The predicted octanol–water partition coefficient (Wildman–Crippen LogP) is -2.75. The van der Waals surface area contributed by atoms with Gasteiger partial charge in [-0.05, 0) is 19.1 Å². The largest absolute Gasteiger partial charge is 1.00 e. The quantitative estimate of drug-likeness (QED) is 0.243. The Bertz CT molecular complexity index is 1170. The minimum Gasteiger partial charge on any atom is -1.00 e. The number of rotatable bonds is 7. The number of nitrogens with one attached hydrogen (secondary N) is 2.